The lowest BCUT2D eigenvalue weighted by Gasteiger charge is -2.29. The molecule has 0 heterocycles. The third kappa shape index (κ3) is 3.16. The van der Waals surface area contributed by atoms with E-state index >= 15 is 0 Å². The molecule has 0 aliphatic heterocycles. The van der Waals surface area contributed by atoms with Gasteiger partial charge in [-0.25, -0.2) is 0 Å². The first-order chi connectivity index (χ1) is 5.24. The van der Waals surface area contributed by atoms with Crippen LogP contribution in [-0.2, 0) is 0 Å². The standard InChI is InChI=1S/C7H18N2O2/c1-3-5-6-7(4-2,8-10)9-11/h8-11H,3-6H2,1-2H3. The smallest absolute Gasteiger partial charge is 0.114 e. The average Bonchev–Trinajstić information content (AvgIpc) is 2.08. The third-order valence-corrected chi connectivity index (χ3v) is 1.99. The molecule has 0 spiro atoms. The number of rotatable bonds is 6. The molecule has 4 N–H and O–H groups in total. The summed E-state index contributed by atoms with van der Waals surface area (Å²) in [5, 5.41) is 17.5. The van der Waals surface area contributed by atoms with Crippen molar-refractivity contribution in [2.45, 2.75) is 45.2 Å². The van der Waals surface area contributed by atoms with Gasteiger partial charge in [-0.05, 0) is 12.8 Å². The summed E-state index contributed by atoms with van der Waals surface area (Å²) in [6.07, 6.45) is 3.37. The molecule has 0 aromatic heterocycles. The molecule has 0 amide bonds. The van der Waals surface area contributed by atoms with Crippen molar-refractivity contribution in [1.82, 2.24) is 11.0 Å². The quantitative estimate of drug-likeness (QED) is 0.350. The fraction of sp³-hybridized carbons (Fsp3) is 1.00. The maximum absolute atomic E-state index is 8.73. The molecule has 0 aromatic carbocycles. The first kappa shape index (κ1) is 10.8. The summed E-state index contributed by atoms with van der Waals surface area (Å²) in [5.41, 5.74) is 3.46. The van der Waals surface area contributed by atoms with Crippen molar-refractivity contribution in [3.63, 3.8) is 0 Å². The van der Waals surface area contributed by atoms with Crippen molar-refractivity contribution in [3.05, 3.63) is 0 Å². The lowest BCUT2D eigenvalue weighted by Crippen LogP contribution is -2.53. The summed E-state index contributed by atoms with van der Waals surface area (Å²) in [6, 6.07) is 0. The van der Waals surface area contributed by atoms with Crippen LogP contribution in [0.3, 0.4) is 0 Å². The zero-order valence-corrected chi connectivity index (χ0v) is 7.22. The van der Waals surface area contributed by atoms with Crippen LogP contribution >= 0.6 is 0 Å². The molecule has 68 valence electrons. The second kappa shape index (κ2) is 5.49. The minimum absolute atomic E-state index is 0.639. The second-order valence-corrected chi connectivity index (χ2v) is 2.76. The van der Waals surface area contributed by atoms with Gasteiger partial charge in [-0.2, -0.15) is 11.0 Å². The van der Waals surface area contributed by atoms with E-state index in [1.165, 1.54) is 0 Å². The molecule has 0 bridgehead atoms. The third-order valence-electron chi connectivity index (χ3n) is 1.99. The normalized spacial score (nSPS) is 12.0. The number of hydrogen-bond acceptors (Lipinski definition) is 4. The van der Waals surface area contributed by atoms with Crippen molar-refractivity contribution in [1.29, 1.82) is 0 Å². The van der Waals surface area contributed by atoms with E-state index in [1.54, 1.807) is 0 Å². The Hall–Kier alpha value is -0.160. The average molecular weight is 162 g/mol. The van der Waals surface area contributed by atoms with E-state index in [2.05, 4.69) is 17.9 Å². The highest BCUT2D eigenvalue weighted by Crippen LogP contribution is 2.13. The molecule has 0 saturated carbocycles. The van der Waals surface area contributed by atoms with Crippen LogP contribution in [0.2, 0.25) is 0 Å². The monoisotopic (exact) mass is 162 g/mol. The van der Waals surface area contributed by atoms with E-state index in [9.17, 15) is 0 Å². The maximum atomic E-state index is 8.73. The summed E-state index contributed by atoms with van der Waals surface area (Å²) in [7, 11) is 0. The van der Waals surface area contributed by atoms with Crippen molar-refractivity contribution < 1.29 is 10.4 Å². The molecular weight excluding hydrogens is 144 g/mol. The van der Waals surface area contributed by atoms with Crippen LogP contribution in [0.1, 0.15) is 39.5 Å². The van der Waals surface area contributed by atoms with E-state index in [-0.39, 0.29) is 0 Å². The molecule has 0 saturated heterocycles. The predicted octanol–water partition coefficient (Wildman–Crippen LogP) is 1.24. The fourth-order valence-electron chi connectivity index (χ4n) is 0.950. The fourth-order valence-corrected chi connectivity index (χ4v) is 0.950. The van der Waals surface area contributed by atoms with E-state index in [1.807, 2.05) is 6.92 Å². The Morgan fingerprint density at radius 3 is 2.00 bits per heavy atom. The molecule has 4 nitrogen and oxygen atoms in total. The van der Waals surface area contributed by atoms with Gasteiger partial charge in [-0.3, -0.25) is 0 Å². The molecule has 0 unspecified atom stereocenters. The zero-order valence-electron chi connectivity index (χ0n) is 7.22. The Bertz CT molecular complexity index is 86.2. The van der Waals surface area contributed by atoms with Gasteiger partial charge in [0.25, 0.3) is 0 Å². The van der Waals surface area contributed by atoms with Gasteiger partial charge in [-0.15, -0.1) is 0 Å². The minimum Gasteiger partial charge on any atom is -0.315 e. The van der Waals surface area contributed by atoms with Gasteiger partial charge in [0.1, 0.15) is 5.66 Å². The van der Waals surface area contributed by atoms with Gasteiger partial charge in [0.2, 0.25) is 0 Å². The lowest BCUT2D eigenvalue weighted by atomic mass is 10.0. The maximum Gasteiger partial charge on any atom is 0.114 e. The van der Waals surface area contributed by atoms with Crippen LogP contribution in [-0.4, -0.2) is 16.1 Å². The number of hydrogen-bond donors (Lipinski definition) is 4. The minimum atomic E-state index is -0.712. The van der Waals surface area contributed by atoms with Gasteiger partial charge < -0.3 is 10.4 Å². The molecule has 0 rings (SSSR count). The largest absolute Gasteiger partial charge is 0.315 e. The molecule has 4 heteroatoms. The topological polar surface area (TPSA) is 64.5 Å². The Balaban J connectivity index is 3.84. The molecule has 0 aromatic rings. The van der Waals surface area contributed by atoms with Gasteiger partial charge in [0, 0.05) is 0 Å². The lowest BCUT2D eigenvalue weighted by molar-refractivity contribution is -0.0524. The Labute approximate surface area is 67.5 Å². The Morgan fingerprint density at radius 1 is 1.18 bits per heavy atom. The molecular formula is C7H18N2O2. The molecule has 0 aliphatic carbocycles. The highest BCUT2D eigenvalue weighted by Gasteiger charge is 2.24. The highest BCUT2D eigenvalue weighted by atomic mass is 16.5. The first-order valence-corrected chi connectivity index (χ1v) is 4.07. The Morgan fingerprint density at radius 2 is 1.73 bits per heavy atom. The number of unbranched alkanes of at least 4 members (excludes halogenated alkanes) is 1. The molecule has 0 fully saturated rings. The van der Waals surface area contributed by atoms with Crippen LogP contribution in [0.15, 0.2) is 0 Å². The van der Waals surface area contributed by atoms with Gasteiger partial charge >= 0.3 is 0 Å². The molecule has 0 radical (unpaired) electrons. The number of hydroxylamine groups is 2. The van der Waals surface area contributed by atoms with Crippen molar-refractivity contribution in [2.24, 2.45) is 0 Å². The van der Waals surface area contributed by atoms with Gasteiger partial charge in [0.15, 0.2) is 0 Å². The van der Waals surface area contributed by atoms with Crippen LogP contribution in [0, 0.1) is 0 Å². The van der Waals surface area contributed by atoms with Crippen LogP contribution in [0.4, 0.5) is 0 Å². The molecule has 0 atom stereocenters. The van der Waals surface area contributed by atoms with Crippen LogP contribution in [0.5, 0.6) is 0 Å². The highest BCUT2D eigenvalue weighted by molar-refractivity contribution is 4.75. The van der Waals surface area contributed by atoms with Crippen molar-refractivity contribution in [3.8, 4) is 0 Å². The summed E-state index contributed by atoms with van der Waals surface area (Å²) >= 11 is 0. The summed E-state index contributed by atoms with van der Waals surface area (Å²) in [6.45, 7) is 3.96. The van der Waals surface area contributed by atoms with Gasteiger partial charge in [-0.1, -0.05) is 26.7 Å². The first-order valence-electron chi connectivity index (χ1n) is 4.07. The zero-order chi connectivity index (χ0) is 8.74. The van der Waals surface area contributed by atoms with Crippen LogP contribution in [0.25, 0.3) is 0 Å². The summed E-state index contributed by atoms with van der Waals surface area (Å²) < 4.78 is 0. The van der Waals surface area contributed by atoms with E-state index in [4.69, 9.17) is 10.4 Å². The molecule has 0 aliphatic rings. The predicted molar refractivity (Wildman–Crippen MR) is 42.4 cm³/mol. The van der Waals surface area contributed by atoms with E-state index in [0.29, 0.717) is 12.8 Å². The van der Waals surface area contributed by atoms with Crippen molar-refractivity contribution >= 4 is 0 Å². The SMILES string of the molecule is CCCCC(CC)(NO)NO. The summed E-state index contributed by atoms with van der Waals surface area (Å²) in [5.74, 6) is 0. The Kier molecular flexibility index (Phi) is 5.41. The van der Waals surface area contributed by atoms with E-state index < -0.39 is 5.66 Å². The van der Waals surface area contributed by atoms with Crippen LogP contribution < -0.4 is 11.0 Å². The van der Waals surface area contributed by atoms with Crippen molar-refractivity contribution in [2.75, 3.05) is 0 Å². The second-order valence-electron chi connectivity index (χ2n) is 2.76. The van der Waals surface area contributed by atoms with Gasteiger partial charge in [0.05, 0.1) is 0 Å². The molecule has 11 heavy (non-hydrogen) atoms. The van der Waals surface area contributed by atoms with E-state index in [0.717, 1.165) is 12.8 Å². The number of nitrogens with one attached hydrogen (secondary N) is 2. The summed E-state index contributed by atoms with van der Waals surface area (Å²) in [4.78, 5) is 0.